The fourth-order valence-corrected chi connectivity index (χ4v) is 2.70. The number of ether oxygens (including phenoxy) is 1. The first-order valence-electron chi connectivity index (χ1n) is 5.88. The molecule has 18 heavy (non-hydrogen) atoms. The zero-order valence-electron chi connectivity index (χ0n) is 10.3. The maximum atomic E-state index is 5.63. The zero-order chi connectivity index (χ0) is 12.8. The van der Waals surface area contributed by atoms with Crippen molar-refractivity contribution in [1.82, 2.24) is 5.32 Å². The third-order valence-corrected chi connectivity index (χ3v) is 4.17. The Labute approximate surface area is 120 Å². The van der Waals surface area contributed by atoms with Crippen LogP contribution >= 0.6 is 27.3 Å². The predicted molar refractivity (Wildman–Crippen MR) is 80.4 cm³/mol. The lowest BCUT2D eigenvalue weighted by molar-refractivity contribution is 0.314. The number of benzene rings is 1. The first-order chi connectivity index (χ1) is 8.75. The van der Waals surface area contributed by atoms with Crippen LogP contribution < -0.4 is 10.1 Å². The number of nitrogens with one attached hydrogen (secondary N) is 1. The Morgan fingerprint density at radius 3 is 2.67 bits per heavy atom. The van der Waals surface area contributed by atoms with E-state index in [9.17, 15) is 0 Å². The number of halogens is 1. The minimum Gasteiger partial charge on any atom is -0.492 e. The van der Waals surface area contributed by atoms with Gasteiger partial charge >= 0.3 is 0 Å². The minimum atomic E-state index is 0.687. The van der Waals surface area contributed by atoms with Gasteiger partial charge in [0.15, 0.2) is 0 Å². The van der Waals surface area contributed by atoms with E-state index in [1.165, 1.54) is 10.4 Å². The van der Waals surface area contributed by atoms with Gasteiger partial charge in [0.2, 0.25) is 0 Å². The third kappa shape index (κ3) is 4.12. The standard InChI is InChI=1S/C14H16BrNOS/c1-11-6-9-18-14(11)10-16-7-8-17-13-4-2-12(15)3-5-13/h2-6,9,16H,7-8,10H2,1H3. The van der Waals surface area contributed by atoms with E-state index < -0.39 is 0 Å². The summed E-state index contributed by atoms with van der Waals surface area (Å²) >= 11 is 5.20. The highest BCUT2D eigenvalue weighted by Gasteiger charge is 1.98. The van der Waals surface area contributed by atoms with E-state index in [1.54, 1.807) is 11.3 Å². The highest BCUT2D eigenvalue weighted by molar-refractivity contribution is 9.10. The Balaban J connectivity index is 1.64. The van der Waals surface area contributed by atoms with E-state index in [2.05, 4.69) is 39.6 Å². The van der Waals surface area contributed by atoms with Gasteiger partial charge in [0.1, 0.15) is 12.4 Å². The van der Waals surface area contributed by atoms with Crippen LogP contribution in [0, 0.1) is 6.92 Å². The van der Waals surface area contributed by atoms with Gasteiger partial charge in [-0.05, 0) is 48.2 Å². The molecule has 0 aliphatic heterocycles. The normalized spacial score (nSPS) is 10.6. The molecule has 2 rings (SSSR count). The topological polar surface area (TPSA) is 21.3 Å². The Hall–Kier alpha value is -0.840. The second kappa shape index (κ2) is 6.92. The van der Waals surface area contributed by atoms with E-state index in [0.717, 1.165) is 23.3 Å². The van der Waals surface area contributed by atoms with E-state index in [4.69, 9.17) is 4.74 Å². The van der Waals surface area contributed by atoms with Crippen molar-refractivity contribution in [3.05, 3.63) is 50.6 Å². The van der Waals surface area contributed by atoms with Crippen molar-refractivity contribution in [3.63, 3.8) is 0 Å². The first kappa shape index (κ1) is 13.6. The summed E-state index contributed by atoms with van der Waals surface area (Å²) in [6, 6.07) is 10.1. The predicted octanol–water partition coefficient (Wildman–Crippen LogP) is 3.99. The van der Waals surface area contributed by atoms with Gasteiger partial charge in [0.05, 0.1) is 0 Å². The van der Waals surface area contributed by atoms with E-state index >= 15 is 0 Å². The Morgan fingerprint density at radius 2 is 2.00 bits per heavy atom. The molecular formula is C14H16BrNOS. The summed E-state index contributed by atoms with van der Waals surface area (Å²) in [5, 5.41) is 5.52. The largest absolute Gasteiger partial charge is 0.492 e. The summed E-state index contributed by atoms with van der Waals surface area (Å²) in [6.07, 6.45) is 0. The molecule has 0 amide bonds. The maximum Gasteiger partial charge on any atom is 0.119 e. The number of aryl methyl sites for hydroxylation is 1. The fourth-order valence-electron chi connectivity index (χ4n) is 1.56. The summed E-state index contributed by atoms with van der Waals surface area (Å²) < 4.78 is 6.70. The maximum absolute atomic E-state index is 5.63. The van der Waals surface area contributed by atoms with Crippen LogP contribution in [0.15, 0.2) is 40.2 Å². The molecule has 0 spiro atoms. The number of hydrogen-bond acceptors (Lipinski definition) is 3. The molecule has 2 nitrogen and oxygen atoms in total. The van der Waals surface area contributed by atoms with Crippen LogP contribution in [0.4, 0.5) is 0 Å². The molecular weight excluding hydrogens is 310 g/mol. The van der Waals surface area contributed by atoms with Crippen molar-refractivity contribution in [2.75, 3.05) is 13.2 Å². The van der Waals surface area contributed by atoms with Crippen molar-refractivity contribution >= 4 is 27.3 Å². The summed E-state index contributed by atoms with van der Waals surface area (Å²) in [5.41, 5.74) is 1.36. The molecule has 1 N–H and O–H groups in total. The Morgan fingerprint density at radius 1 is 1.22 bits per heavy atom. The molecule has 0 unspecified atom stereocenters. The smallest absolute Gasteiger partial charge is 0.119 e. The third-order valence-electron chi connectivity index (χ3n) is 2.61. The van der Waals surface area contributed by atoms with Crippen molar-refractivity contribution in [2.24, 2.45) is 0 Å². The quantitative estimate of drug-likeness (QED) is 0.811. The van der Waals surface area contributed by atoms with Crippen LogP contribution in [0.1, 0.15) is 10.4 Å². The molecule has 1 aromatic carbocycles. The SMILES string of the molecule is Cc1ccsc1CNCCOc1ccc(Br)cc1. The molecule has 0 saturated carbocycles. The van der Waals surface area contributed by atoms with Gasteiger partial charge in [-0.2, -0.15) is 0 Å². The van der Waals surface area contributed by atoms with Gasteiger partial charge in [-0.3, -0.25) is 0 Å². The van der Waals surface area contributed by atoms with Crippen LogP contribution in [0.3, 0.4) is 0 Å². The van der Waals surface area contributed by atoms with Crippen LogP contribution in [0.5, 0.6) is 5.75 Å². The summed E-state index contributed by atoms with van der Waals surface area (Å²) in [7, 11) is 0. The second-order valence-corrected chi connectivity index (χ2v) is 5.92. The molecule has 0 aliphatic carbocycles. The average molecular weight is 326 g/mol. The number of rotatable bonds is 6. The Bertz CT molecular complexity index is 481. The monoisotopic (exact) mass is 325 g/mol. The molecule has 0 radical (unpaired) electrons. The van der Waals surface area contributed by atoms with Gasteiger partial charge in [-0.25, -0.2) is 0 Å². The van der Waals surface area contributed by atoms with Crippen molar-refractivity contribution in [3.8, 4) is 5.75 Å². The molecule has 1 heterocycles. The molecule has 1 aromatic heterocycles. The van der Waals surface area contributed by atoms with Crippen LogP contribution in [0.2, 0.25) is 0 Å². The molecule has 0 saturated heterocycles. The highest BCUT2D eigenvalue weighted by atomic mass is 79.9. The summed E-state index contributed by atoms with van der Waals surface area (Å²) in [6.45, 7) is 4.61. The highest BCUT2D eigenvalue weighted by Crippen LogP contribution is 2.16. The molecule has 2 aromatic rings. The summed E-state index contributed by atoms with van der Waals surface area (Å²) in [5.74, 6) is 0.910. The van der Waals surface area contributed by atoms with Crippen molar-refractivity contribution < 1.29 is 4.74 Å². The number of hydrogen-bond donors (Lipinski definition) is 1. The van der Waals surface area contributed by atoms with E-state index in [-0.39, 0.29) is 0 Å². The number of thiophene rings is 1. The van der Waals surface area contributed by atoms with E-state index in [1.807, 2.05) is 24.3 Å². The molecule has 0 bridgehead atoms. The van der Waals surface area contributed by atoms with Gasteiger partial charge in [-0.1, -0.05) is 15.9 Å². The van der Waals surface area contributed by atoms with E-state index in [0.29, 0.717) is 6.61 Å². The van der Waals surface area contributed by atoms with Crippen LogP contribution in [-0.4, -0.2) is 13.2 Å². The van der Waals surface area contributed by atoms with Crippen molar-refractivity contribution in [2.45, 2.75) is 13.5 Å². The van der Waals surface area contributed by atoms with Crippen molar-refractivity contribution in [1.29, 1.82) is 0 Å². The Kier molecular flexibility index (Phi) is 5.23. The van der Waals surface area contributed by atoms with Gasteiger partial charge in [0, 0.05) is 22.4 Å². The lowest BCUT2D eigenvalue weighted by atomic mass is 10.3. The van der Waals surface area contributed by atoms with Gasteiger partial charge in [0.25, 0.3) is 0 Å². The summed E-state index contributed by atoms with van der Waals surface area (Å²) in [4.78, 5) is 1.40. The van der Waals surface area contributed by atoms with Crippen LogP contribution in [-0.2, 0) is 6.54 Å². The second-order valence-electron chi connectivity index (χ2n) is 4.01. The molecule has 0 fully saturated rings. The van der Waals surface area contributed by atoms with Crippen LogP contribution in [0.25, 0.3) is 0 Å². The lowest BCUT2D eigenvalue weighted by Gasteiger charge is -2.07. The van der Waals surface area contributed by atoms with Gasteiger partial charge in [-0.15, -0.1) is 11.3 Å². The minimum absolute atomic E-state index is 0.687. The first-order valence-corrected chi connectivity index (χ1v) is 7.55. The zero-order valence-corrected chi connectivity index (χ0v) is 12.7. The molecule has 4 heteroatoms. The fraction of sp³-hybridized carbons (Fsp3) is 0.286. The molecule has 0 aliphatic rings. The average Bonchev–Trinajstić information content (AvgIpc) is 2.77. The molecule has 96 valence electrons. The van der Waals surface area contributed by atoms with Gasteiger partial charge < -0.3 is 10.1 Å². The lowest BCUT2D eigenvalue weighted by Crippen LogP contribution is -2.20. The molecule has 0 atom stereocenters.